The first-order valence-corrected chi connectivity index (χ1v) is 5.65. The molecule has 0 amide bonds. The van der Waals surface area contributed by atoms with Gasteiger partial charge in [-0.2, -0.15) is 5.26 Å². The summed E-state index contributed by atoms with van der Waals surface area (Å²) < 4.78 is 10.9. The molecule has 4 heteroatoms. The predicted molar refractivity (Wildman–Crippen MR) is 65.3 cm³/mol. The maximum atomic E-state index is 8.93. The third-order valence-corrected chi connectivity index (χ3v) is 2.58. The number of benzene rings is 1. The van der Waals surface area contributed by atoms with E-state index >= 15 is 0 Å². The van der Waals surface area contributed by atoms with Crippen molar-refractivity contribution in [1.29, 1.82) is 5.26 Å². The summed E-state index contributed by atoms with van der Waals surface area (Å²) in [7, 11) is 0. The number of ether oxygens (including phenoxy) is 2. The fourth-order valence-corrected chi connectivity index (χ4v) is 1.52. The Labute approximate surface area is 101 Å². The van der Waals surface area contributed by atoms with Crippen molar-refractivity contribution in [3.63, 3.8) is 0 Å². The van der Waals surface area contributed by atoms with Gasteiger partial charge in [0.25, 0.3) is 0 Å². The first kappa shape index (κ1) is 11.6. The van der Waals surface area contributed by atoms with Crippen LogP contribution in [0.1, 0.15) is 13.8 Å². The van der Waals surface area contributed by atoms with E-state index in [2.05, 4.69) is 11.4 Å². The second-order valence-electron chi connectivity index (χ2n) is 4.71. The van der Waals surface area contributed by atoms with Crippen molar-refractivity contribution in [1.82, 2.24) is 0 Å². The molecule has 1 aliphatic rings. The van der Waals surface area contributed by atoms with Crippen LogP contribution in [0.4, 0.5) is 5.69 Å². The smallest absolute Gasteiger partial charge is 0.163 e. The average Bonchev–Trinajstić information content (AvgIpc) is 2.36. The molecule has 0 saturated carbocycles. The third-order valence-electron chi connectivity index (χ3n) is 2.58. The topological polar surface area (TPSA) is 54.3 Å². The molecule has 0 aliphatic carbocycles. The van der Waals surface area contributed by atoms with E-state index in [-0.39, 0.29) is 5.41 Å². The first-order chi connectivity index (χ1) is 8.11. The summed E-state index contributed by atoms with van der Waals surface area (Å²) in [6, 6.07) is 7.98. The van der Waals surface area contributed by atoms with E-state index in [0.29, 0.717) is 19.8 Å². The van der Waals surface area contributed by atoms with E-state index in [9.17, 15) is 0 Å². The van der Waals surface area contributed by atoms with Gasteiger partial charge in [0.15, 0.2) is 11.5 Å². The van der Waals surface area contributed by atoms with Crippen molar-refractivity contribution in [2.45, 2.75) is 13.8 Å². The molecule has 90 valence electrons. The molecular weight excluding hydrogens is 216 g/mol. The van der Waals surface area contributed by atoms with Gasteiger partial charge in [-0.1, -0.05) is 0 Å². The van der Waals surface area contributed by atoms with E-state index in [1.54, 1.807) is 0 Å². The first-order valence-electron chi connectivity index (χ1n) is 5.65. The van der Waals surface area contributed by atoms with Crippen LogP contribution in [0.15, 0.2) is 18.2 Å². The number of fused-ring (bicyclic) bond motifs is 1. The molecule has 0 bridgehead atoms. The summed E-state index contributed by atoms with van der Waals surface area (Å²) in [5.41, 5.74) is 0.561. The highest BCUT2D eigenvalue weighted by Crippen LogP contribution is 2.32. The highest BCUT2D eigenvalue weighted by molar-refractivity contribution is 5.55. The van der Waals surface area contributed by atoms with Gasteiger partial charge in [-0.15, -0.1) is 0 Å². The van der Waals surface area contributed by atoms with E-state index in [4.69, 9.17) is 14.7 Å². The molecule has 2 rings (SSSR count). The fraction of sp³-hybridized carbons (Fsp3) is 0.462. The normalized spacial score (nSPS) is 13.9. The molecule has 4 nitrogen and oxygen atoms in total. The lowest BCUT2D eigenvalue weighted by Gasteiger charge is -2.21. The van der Waals surface area contributed by atoms with Gasteiger partial charge < -0.3 is 14.8 Å². The zero-order chi connectivity index (χ0) is 12.3. The third kappa shape index (κ3) is 2.82. The zero-order valence-corrected chi connectivity index (χ0v) is 10.1. The van der Waals surface area contributed by atoms with Crippen LogP contribution in [0.3, 0.4) is 0 Å². The molecule has 1 aromatic carbocycles. The Morgan fingerprint density at radius 2 is 2.00 bits per heavy atom. The van der Waals surface area contributed by atoms with Crippen LogP contribution >= 0.6 is 0 Å². The number of rotatable bonds is 3. The molecule has 1 aliphatic heterocycles. The number of hydrogen-bond acceptors (Lipinski definition) is 4. The van der Waals surface area contributed by atoms with E-state index in [0.717, 1.165) is 17.2 Å². The Kier molecular flexibility index (Phi) is 3.10. The minimum atomic E-state index is -0.382. The molecule has 0 atom stereocenters. The highest BCUT2D eigenvalue weighted by atomic mass is 16.6. The van der Waals surface area contributed by atoms with Crippen LogP contribution in [0.25, 0.3) is 0 Å². The van der Waals surface area contributed by atoms with Gasteiger partial charge in [0.2, 0.25) is 0 Å². The lowest BCUT2D eigenvalue weighted by atomic mass is 9.96. The summed E-state index contributed by atoms with van der Waals surface area (Å²) in [4.78, 5) is 0. The standard InChI is InChI=1S/C13H16N2O2/c1-13(2,8-14)9-15-10-3-4-11-12(7-10)17-6-5-16-11/h3-4,7,15H,5-6,9H2,1-2H3. The van der Waals surface area contributed by atoms with E-state index in [1.807, 2.05) is 32.0 Å². The van der Waals surface area contributed by atoms with Crippen molar-refractivity contribution in [2.75, 3.05) is 25.1 Å². The minimum Gasteiger partial charge on any atom is -0.486 e. The second-order valence-corrected chi connectivity index (χ2v) is 4.71. The summed E-state index contributed by atoms with van der Waals surface area (Å²) in [5, 5.41) is 12.2. The number of nitrogens with one attached hydrogen (secondary N) is 1. The summed E-state index contributed by atoms with van der Waals surface area (Å²) in [6.45, 7) is 5.58. The summed E-state index contributed by atoms with van der Waals surface area (Å²) in [6.07, 6.45) is 0. The Hall–Kier alpha value is -1.89. The molecule has 0 fully saturated rings. The predicted octanol–water partition coefficient (Wildman–Crippen LogP) is 2.42. The van der Waals surface area contributed by atoms with Gasteiger partial charge in [-0.25, -0.2) is 0 Å². The lowest BCUT2D eigenvalue weighted by molar-refractivity contribution is 0.171. The number of hydrogen-bond donors (Lipinski definition) is 1. The largest absolute Gasteiger partial charge is 0.486 e. The maximum absolute atomic E-state index is 8.93. The van der Waals surface area contributed by atoms with Crippen LogP contribution in [-0.2, 0) is 0 Å². The van der Waals surface area contributed by atoms with Gasteiger partial charge in [0.05, 0.1) is 11.5 Å². The molecule has 17 heavy (non-hydrogen) atoms. The maximum Gasteiger partial charge on any atom is 0.163 e. The molecule has 0 spiro atoms. The van der Waals surface area contributed by atoms with Gasteiger partial charge in [-0.3, -0.25) is 0 Å². The minimum absolute atomic E-state index is 0.382. The van der Waals surface area contributed by atoms with E-state index < -0.39 is 0 Å². The van der Waals surface area contributed by atoms with Crippen LogP contribution in [0, 0.1) is 16.7 Å². The number of nitrogens with zero attached hydrogens (tertiary/aromatic N) is 1. The molecule has 0 aromatic heterocycles. The van der Waals surface area contributed by atoms with Gasteiger partial charge in [0.1, 0.15) is 13.2 Å². The van der Waals surface area contributed by atoms with Crippen molar-refractivity contribution in [2.24, 2.45) is 5.41 Å². The van der Waals surface area contributed by atoms with Gasteiger partial charge >= 0.3 is 0 Å². The van der Waals surface area contributed by atoms with Crippen molar-refractivity contribution in [3.05, 3.63) is 18.2 Å². The van der Waals surface area contributed by atoms with Crippen molar-refractivity contribution >= 4 is 5.69 Å². The summed E-state index contributed by atoms with van der Waals surface area (Å²) >= 11 is 0. The number of anilines is 1. The molecule has 1 aromatic rings. The fourth-order valence-electron chi connectivity index (χ4n) is 1.52. The van der Waals surface area contributed by atoms with E-state index in [1.165, 1.54) is 0 Å². The van der Waals surface area contributed by atoms with Crippen LogP contribution in [0.5, 0.6) is 11.5 Å². The SMILES string of the molecule is CC(C)(C#N)CNc1ccc2c(c1)OCCO2. The Balaban J connectivity index is 2.05. The van der Waals surface area contributed by atoms with Crippen LogP contribution in [-0.4, -0.2) is 19.8 Å². The second kappa shape index (κ2) is 4.54. The monoisotopic (exact) mass is 232 g/mol. The van der Waals surface area contributed by atoms with Crippen LogP contribution < -0.4 is 14.8 Å². The van der Waals surface area contributed by atoms with Crippen molar-refractivity contribution < 1.29 is 9.47 Å². The number of nitriles is 1. The zero-order valence-electron chi connectivity index (χ0n) is 10.1. The molecule has 0 saturated heterocycles. The Bertz CT molecular complexity index is 449. The average molecular weight is 232 g/mol. The molecule has 0 radical (unpaired) electrons. The quantitative estimate of drug-likeness (QED) is 0.869. The summed E-state index contributed by atoms with van der Waals surface area (Å²) in [5.74, 6) is 1.54. The molecule has 0 unspecified atom stereocenters. The lowest BCUT2D eigenvalue weighted by Crippen LogP contribution is -2.21. The molecule has 1 N–H and O–H groups in total. The Morgan fingerprint density at radius 1 is 1.29 bits per heavy atom. The molecular formula is C13H16N2O2. The molecule has 1 heterocycles. The van der Waals surface area contributed by atoms with Gasteiger partial charge in [0, 0.05) is 18.3 Å². The van der Waals surface area contributed by atoms with Gasteiger partial charge in [-0.05, 0) is 26.0 Å². The highest BCUT2D eigenvalue weighted by Gasteiger charge is 2.17. The Morgan fingerprint density at radius 3 is 2.71 bits per heavy atom. The van der Waals surface area contributed by atoms with Crippen LogP contribution in [0.2, 0.25) is 0 Å². The van der Waals surface area contributed by atoms with Crippen molar-refractivity contribution in [3.8, 4) is 17.6 Å².